The van der Waals surface area contributed by atoms with E-state index in [0.717, 1.165) is 17.3 Å². The zero-order valence-corrected chi connectivity index (χ0v) is 11.4. The highest BCUT2D eigenvalue weighted by atomic mass is 32.1. The molecule has 0 aliphatic heterocycles. The summed E-state index contributed by atoms with van der Waals surface area (Å²) in [6, 6.07) is 3.89. The van der Waals surface area contributed by atoms with E-state index in [1.54, 1.807) is 12.5 Å². The maximum atomic E-state index is 13.2. The van der Waals surface area contributed by atoms with Crippen LogP contribution < -0.4 is 5.32 Å². The van der Waals surface area contributed by atoms with Gasteiger partial charge in [0.05, 0.1) is 12.3 Å². The Balaban J connectivity index is 2.14. The van der Waals surface area contributed by atoms with E-state index in [1.807, 2.05) is 6.92 Å². The Kier molecular flexibility index (Phi) is 4.44. The zero-order chi connectivity index (χ0) is 13.8. The van der Waals surface area contributed by atoms with Crippen molar-refractivity contribution in [2.45, 2.75) is 13.0 Å². The van der Waals surface area contributed by atoms with Crippen LogP contribution >= 0.6 is 11.3 Å². The molecule has 1 aromatic carbocycles. The van der Waals surface area contributed by atoms with Gasteiger partial charge in [0.25, 0.3) is 0 Å². The molecule has 1 atom stereocenters. The summed E-state index contributed by atoms with van der Waals surface area (Å²) in [5.74, 6) is -1.72. The maximum absolute atomic E-state index is 13.2. The fourth-order valence-electron chi connectivity index (χ4n) is 1.63. The molecule has 0 aliphatic rings. The van der Waals surface area contributed by atoms with Gasteiger partial charge in [-0.15, -0.1) is 11.3 Å². The second-order valence-electron chi connectivity index (χ2n) is 4.17. The molecule has 0 saturated carbocycles. The smallest absolute Gasteiger partial charge is 0.183 e. The van der Waals surface area contributed by atoms with Crippen molar-refractivity contribution in [1.82, 2.24) is 4.98 Å². The summed E-state index contributed by atoms with van der Waals surface area (Å²) in [7, 11) is 1.63. The number of thiazole rings is 1. The maximum Gasteiger partial charge on any atom is 0.183 e. The lowest BCUT2D eigenvalue weighted by molar-refractivity contribution is 0.190. The van der Waals surface area contributed by atoms with Gasteiger partial charge in [0.15, 0.2) is 16.8 Å². The molecule has 6 heteroatoms. The zero-order valence-electron chi connectivity index (χ0n) is 10.6. The minimum atomic E-state index is -0.868. The number of methoxy groups -OCH3 is 1. The van der Waals surface area contributed by atoms with Crippen molar-refractivity contribution in [2.24, 2.45) is 0 Å². The first kappa shape index (κ1) is 13.9. The highest BCUT2D eigenvalue weighted by molar-refractivity contribution is 7.14. The van der Waals surface area contributed by atoms with Gasteiger partial charge in [0.1, 0.15) is 0 Å². The molecule has 0 radical (unpaired) electrons. The number of hydrogen-bond acceptors (Lipinski definition) is 4. The molecule has 1 N–H and O–H groups in total. The predicted molar refractivity (Wildman–Crippen MR) is 72.4 cm³/mol. The monoisotopic (exact) mass is 284 g/mol. The molecule has 2 aromatic rings. The molecule has 0 fully saturated rings. The third-order valence-electron chi connectivity index (χ3n) is 2.51. The highest BCUT2D eigenvalue weighted by Crippen LogP contribution is 2.26. The SMILES string of the molecule is COC[C@H](C)Nc1nc(-c2ccc(F)c(F)c2)cs1. The molecule has 102 valence electrons. The van der Waals surface area contributed by atoms with Crippen molar-refractivity contribution in [3.8, 4) is 11.3 Å². The molecule has 2 rings (SSSR count). The molecular formula is C13H14F2N2OS. The van der Waals surface area contributed by atoms with Crippen LogP contribution in [0.25, 0.3) is 11.3 Å². The molecule has 0 bridgehead atoms. The van der Waals surface area contributed by atoms with Crippen LogP contribution in [0.4, 0.5) is 13.9 Å². The van der Waals surface area contributed by atoms with Gasteiger partial charge < -0.3 is 10.1 Å². The number of halogens is 2. The van der Waals surface area contributed by atoms with Crippen LogP contribution in [0.15, 0.2) is 23.6 Å². The molecule has 0 aliphatic carbocycles. The van der Waals surface area contributed by atoms with E-state index in [9.17, 15) is 8.78 Å². The highest BCUT2D eigenvalue weighted by Gasteiger charge is 2.09. The van der Waals surface area contributed by atoms with Crippen molar-refractivity contribution < 1.29 is 13.5 Å². The Morgan fingerprint density at radius 1 is 1.37 bits per heavy atom. The van der Waals surface area contributed by atoms with Crippen LogP contribution in [0.2, 0.25) is 0 Å². The molecule has 0 spiro atoms. The molecule has 0 amide bonds. The number of rotatable bonds is 5. The second kappa shape index (κ2) is 6.08. The van der Waals surface area contributed by atoms with E-state index in [0.29, 0.717) is 17.9 Å². The molecule has 1 aromatic heterocycles. The van der Waals surface area contributed by atoms with Crippen LogP contribution in [-0.4, -0.2) is 24.7 Å². The number of nitrogens with zero attached hydrogens (tertiary/aromatic N) is 1. The van der Waals surface area contributed by atoms with Crippen LogP contribution in [0.3, 0.4) is 0 Å². The fraction of sp³-hybridized carbons (Fsp3) is 0.308. The van der Waals surface area contributed by atoms with E-state index in [2.05, 4.69) is 10.3 Å². The Morgan fingerprint density at radius 3 is 2.84 bits per heavy atom. The third-order valence-corrected chi connectivity index (χ3v) is 3.28. The predicted octanol–water partition coefficient (Wildman–Crippen LogP) is 3.54. The second-order valence-corrected chi connectivity index (χ2v) is 5.03. The normalized spacial score (nSPS) is 12.4. The van der Waals surface area contributed by atoms with Crippen molar-refractivity contribution in [1.29, 1.82) is 0 Å². The van der Waals surface area contributed by atoms with Crippen molar-refractivity contribution in [2.75, 3.05) is 19.0 Å². The van der Waals surface area contributed by atoms with Gasteiger partial charge in [-0.2, -0.15) is 0 Å². The molecule has 0 unspecified atom stereocenters. The number of aromatic nitrogens is 1. The average molecular weight is 284 g/mol. The van der Waals surface area contributed by atoms with Gasteiger partial charge in [-0.1, -0.05) is 0 Å². The van der Waals surface area contributed by atoms with Crippen molar-refractivity contribution in [3.05, 3.63) is 35.2 Å². The molecule has 1 heterocycles. The minimum absolute atomic E-state index is 0.133. The van der Waals surface area contributed by atoms with Gasteiger partial charge in [-0.25, -0.2) is 13.8 Å². The lowest BCUT2D eigenvalue weighted by Crippen LogP contribution is -2.20. The molecule has 19 heavy (non-hydrogen) atoms. The lowest BCUT2D eigenvalue weighted by atomic mass is 10.2. The number of anilines is 1. The Morgan fingerprint density at radius 2 is 2.16 bits per heavy atom. The molecule has 3 nitrogen and oxygen atoms in total. The minimum Gasteiger partial charge on any atom is -0.383 e. The first-order valence-corrected chi connectivity index (χ1v) is 6.64. The Hall–Kier alpha value is -1.53. The van der Waals surface area contributed by atoms with Crippen LogP contribution in [0, 0.1) is 11.6 Å². The van der Waals surface area contributed by atoms with Gasteiger partial charge >= 0.3 is 0 Å². The topological polar surface area (TPSA) is 34.1 Å². The number of ether oxygens (including phenoxy) is 1. The van der Waals surface area contributed by atoms with Crippen LogP contribution in [-0.2, 0) is 4.74 Å². The van der Waals surface area contributed by atoms with Crippen LogP contribution in [0.1, 0.15) is 6.92 Å². The van der Waals surface area contributed by atoms with Gasteiger partial charge in [0, 0.05) is 24.1 Å². The van der Waals surface area contributed by atoms with E-state index in [-0.39, 0.29) is 6.04 Å². The summed E-state index contributed by atoms with van der Waals surface area (Å²) < 4.78 is 31.0. The van der Waals surface area contributed by atoms with Crippen LogP contribution in [0.5, 0.6) is 0 Å². The largest absolute Gasteiger partial charge is 0.383 e. The quantitative estimate of drug-likeness (QED) is 0.912. The summed E-state index contributed by atoms with van der Waals surface area (Å²) in [4.78, 5) is 4.34. The fourth-order valence-corrected chi connectivity index (χ4v) is 2.46. The summed E-state index contributed by atoms with van der Waals surface area (Å²) in [5, 5.41) is 5.70. The number of hydrogen-bond donors (Lipinski definition) is 1. The summed E-state index contributed by atoms with van der Waals surface area (Å²) >= 11 is 1.41. The standard InChI is InChI=1S/C13H14F2N2OS/c1-8(6-18-2)16-13-17-12(7-19-13)9-3-4-10(14)11(15)5-9/h3-5,7-8H,6H2,1-2H3,(H,16,17)/t8-/m0/s1. The average Bonchev–Trinajstić information content (AvgIpc) is 2.81. The summed E-state index contributed by atoms with van der Waals surface area (Å²) in [6.45, 7) is 2.54. The van der Waals surface area contributed by atoms with Gasteiger partial charge in [-0.05, 0) is 25.1 Å². The van der Waals surface area contributed by atoms with E-state index in [4.69, 9.17) is 4.74 Å². The van der Waals surface area contributed by atoms with E-state index >= 15 is 0 Å². The first-order valence-electron chi connectivity index (χ1n) is 5.76. The Labute approximate surface area is 114 Å². The molecule has 0 saturated heterocycles. The Bertz CT molecular complexity index is 559. The summed E-state index contributed by atoms with van der Waals surface area (Å²) in [6.07, 6.45) is 0. The summed E-state index contributed by atoms with van der Waals surface area (Å²) in [5.41, 5.74) is 1.18. The number of nitrogens with one attached hydrogen (secondary N) is 1. The van der Waals surface area contributed by atoms with Crippen molar-refractivity contribution >= 4 is 16.5 Å². The van der Waals surface area contributed by atoms with E-state index in [1.165, 1.54) is 17.4 Å². The number of benzene rings is 1. The third kappa shape index (κ3) is 3.48. The van der Waals surface area contributed by atoms with Gasteiger partial charge in [0.2, 0.25) is 0 Å². The molecular weight excluding hydrogens is 270 g/mol. The van der Waals surface area contributed by atoms with Gasteiger partial charge in [-0.3, -0.25) is 0 Å². The van der Waals surface area contributed by atoms with Crippen molar-refractivity contribution in [3.63, 3.8) is 0 Å². The lowest BCUT2D eigenvalue weighted by Gasteiger charge is -2.10. The first-order chi connectivity index (χ1) is 9.10. The van der Waals surface area contributed by atoms with E-state index < -0.39 is 11.6 Å².